The second-order valence-electron chi connectivity index (χ2n) is 4.02. The van der Waals surface area contributed by atoms with Crippen LogP contribution >= 0.6 is 11.3 Å². The van der Waals surface area contributed by atoms with Crippen molar-refractivity contribution in [3.63, 3.8) is 0 Å². The first-order chi connectivity index (χ1) is 6.43. The topological polar surface area (TPSA) is 30.2 Å². The van der Waals surface area contributed by atoms with Crippen LogP contribution in [0.15, 0.2) is 5.51 Å². The maximum absolute atomic E-state index is 4.65. The number of hydrogen-bond donors (Lipinski definition) is 0. The third-order valence-corrected chi connectivity index (χ3v) is 4.09. The Balaban J connectivity index is 2.15. The van der Waals surface area contributed by atoms with Crippen molar-refractivity contribution < 1.29 is 0 Å². The summed E-state index contributed by atoms with van der Waals surface area (Å²) in [6.45, 7) is 0. The molecule has 2 aliphatic rings. The molecule has 2 aromatic rings. The minimum absolute atomic E-state index is 0.758. The number of hydrogen-bond acceptors (Lipinski definition) is 3. The molecule has 0 spiro atoms. The Kier molecular flexibility index (Phi) is 0.981. The highest BCUT2D eigenvalue weighted by Gasteiger charge is 2.41. The molecular formula is C9H9N3S. The molecule has 1 fully saturated rings. The molecule has 2 bridgehead atoms. The van der Waals surface area contributed by atoms with E-state index < -0.39 is 0 Å². The van der Waals surface area contributed by atoms with E-state index in [0.717, 1.165) is 16.8 Å². The van der Waals surface area contributed by atoms with Crippen molar-refractivity contribution >= 4 is 16.3 Å². The predicted octanol–water partition coefficient (Wildman–Crippen LogP) is 2.16. The van der Waals surface area contributed by atoms with E-state index in [2.05, 4.69) is 14.6 Å². The lowest BCUT2D eigenvalue weighted by molar-refractivity contribution is 0.675. The van der Waals surface area contributed by atoms with Crippen molar-refractivity contribution in [1.82, 2.24) is 14.6 Å². The summed E-state index contributed by atoms with van der Waals surface area (Å²) in [4.78, 5) is 5.74. The van der Waals surface area contributed by atoms with Crippen LogP contribution < -0.4 is 0 Å². The maximum atomic E-state index is 4.65. The largest absolute Gasteiger partial charge is 0.222 e. The quantitative estimate of drug-likeness (QED) is 0.638. The van der Waals surface area contributed by atoms with Gasteiger partial charge in [-0.1, -0.05) is 11.3 Å². The summed E-state index contributed by atoms with van der Waals surface area (Å²) in [5.74, 6) is 1.52. The highest BCUT2D eigenvalue weighted by molar-refractivity contribution is 7.14. The second-order valence-corrected chi connectivity index (χ2v) is 4.83. The first-order valence-electron chi connectivity index (χ1n) is 4.75. The van der Waals surface area contributed by atoms with Crippen molar-refractivity contribution in [2.45, 2.75) is 31.1 Å². The molecule has 0 amide bonds. The van der Waals surface area contributed by atoms with Gasteiger partial charge in [0.05, 0.1) is 11.4 Å². The van der Waals surface area contributed by atoms with Crippen LogP contribution in [0, 0.1) is 0 Å². The van der Waals surface area contributed by atoms with Gasteiger partial charge in [-0.25, -0.2) is 9.50 Å². The second kappa shape index (κ2) is 1.95. The average molecular weight is 191 g/mol. The van der Waals surface area contributed by atoms with Gasteiger partial charge in [-0.05, 0) is 19.3 Å². The Morgan fingerprint density at radius 3 is 3.31 bits per heavy atom. The predicted molar refractivity (Wildman–Crippen MR) is 50.2 cm³/mol. The number of imidazole rings is 1. The van der Waals surface area contributed by atoms with E-state index in [-0.39, 0.29) is 0 Å². The van der Waals surface area contributed by atoms with Gasteiger partial charge in [0.15, 0.2) is 0 Å². The zero-order valence-corrected chi connectivity index (χ0v) is 7.92. The van der Waals surface area contributed by atoms with Crippen LogP contribution in [-0.4, -0.2) is 14.6 Å². The number of aromatic nitrogens is 3. The molecular weight excluding hydrogens is 182 g/mol. The first kappa shape index (κ1) is 6.54. The Morgan fingerprint density at radius 1 is 1.38 bits per heavy atom. The molecule has 0 saturated heterocycles. The highest BCUT2D eigenvalue weighted by Crippen LogP contribution is 2.52. The lowest BCUT2D eigenvalue weighted by Crippen LogP contribution is -2.00. The van der Waals surface area contributed by atoms with E-state index in [1.54, 1.807) is 11.3 Å². The zero-order valence-electron chi connectivity index (χ0n) is 7.10. The molecule has 4 heteroatoms. The average Bonchev–Trinajstić information content (AvgIpc) is 2.79. The molecule has 13 heavy (non-hydrogen) atoms. The van der Waals surface area contributed by atoms with Gasteiger partial charge >= 0.3 is 0 Å². The normalized spacial score (nSPS) is 30.2. The van der Waals surface area contributed by atoms with Crippen molar-refractivity contribution in [2.24, 2.45) is 0 Å². The molecule has 2 unspecified atom stereocenters. The van der Waals surface area contributed by atoms with E-state index in [1.165, 1.54) is 30.7 Å². The molecule has 2 aliphatic carbocycles. The van der Waals surface area contributed by atoms with Crippen LogP contribution in [0.2, 0.25) is 0 Å². The van der Waals surface area contributed by atoms with Crippen LogP contribution in [0.3, 0.4) is 0 Å². The van der Waals surface area contributed by atoms with Gasteiger partial charge in [0, 0.05) is 11.8 Å². The summed E-state index contributed by atoms with van der Waals surface area (Å²) in [7, 11) is 0. The molecule has 0 N–H and O–H groups in total. The molecule has 66 valence electrons. The fraction of sp³-hybridized carbons (Fsp3) is 0.556. The molecule has 4 rings (SSSR count). The summed E-state index contributed by atoms with van der Waals surface area (Å²) in [6, 6.07) is 0. The molecule has 0 aliphatic heterocycles. The number of rotatable bonds is 0. The number of fused-ring (bicyclic) bond motifs is 7. The van der Waals surface area contributed by atoms with Gasteiger partial charge in [-0.3, -0.25) is 0 Å². The summed E-state index contributed by atoms with van der Waals surface area (Å²) in [5.41, 5.74) is 4.66. The van der Waals surface area contributed by atoms with Gasteiger partial charge in [0.2, 0.25) is 4.96 Å². The van der Waals surface area contributed by atoms with Gasteiger partial charge in [0.1, 0.15) is 5.51 Å². The molecule has 3 nitrogen and oxygen atoms in total. The number of nitrogens with zero attached hydrogens (tertiary/aromatic N) is 3. The fourth-order valence-corrected chi connectivity index (χ4v) is 3.52. The van der Waals surface area contributed by atoms with Gasteiger partial charge in [0.25, 0.3) is 0 Å². The van der Waals surface area contributed by atoms with E-state index >= 15 is 0 Å². The maximum Gasteiger partial charge on any atom is 0.212 e. The van der Waals surface area contributed by atoms with Crippen LogP contribution in [0.25, 0.3) is 4.96 Å². The van der Waals surface area contributed by atoms with E-state index in [1.807, 2.05) is 5.51 Å². The summed E-state index contributed by atoms with van der Waals surface area (Å²) < 4.78 is 2.06. The molecule has 2 aromatic heterocycles. The summed E-state index contributed by atoms with van der Waals surface area (Å²) in [5, 5.41) is 4.34. The Morgan fingerprint density at radius 2 is 2.31 bits per heavy atom. The third kappa shape index (κ3) is 0.633. The SMILES string of the molecule is c1nn2c3c(nc2s1)C1CCC3C1. The van der Waals surface area contributed by atoms with Gasteiger partial charge in [-0.15, -0.1) is 0 Å². The highest BCUT2D eigenvalue weighted by atomic mass is 32.1. The van der Waals surface area contributed by atoms with Crippen molar-refractivity contribution in [1.29, 1.82) is 0 Å². The lowest BCUT2D eigenvalue weighted by atomic mass is 10.0. The fourth-order valence-electron chi connectivity index (χ4n) is 2.89. The van der Waals surface area contributed by atoms with Crippen LogP contribution in [0.5, 0.6) is 0 Å². The van der Waals surface area contributed by atoms with Crippen molar-refractivity contribution in [2.75, 3.05) is 0 Å². The molecule has 1 saturated carbocycles. The molecule has 2 atom stereocenters. The standard InChI is InChI=1S/C9H9N3S/c1-2-6-3-5(1)7-8(6)12-9(11-7)13-4-10-12/h4-6H,1-3H2. The van der Waals surface area contributed by atoms with E-state index in [0.29, 0.717) is 0 Å². The van der Waals surface area contributed by atoms with Crippen LogP contribution in [-0.2, 0) is 0 Å². The Labute approximate surface area is 79.4 Å². The lowest BCUT2D eigenvalue weighted by Gasteiger charge is -2.07. The van der Waals surface area contributed by atoms with Crippen LogP contribution in [0.4, 0.5) is 0 Å². The summed E-state index contributed by atoms with van der Waals surface area (Å²) >= 11 is 1.64. The molecule has 2 heterocycles. The monoisotopic (exact) mass is 191 g/mol. The van der Waals surface area contributed by atoms with Gasteiger partial charge in [-0.2, -0.15) is 5.10 Å². The minimum atomic E-state index is 0.758. The Hall–Kier alpha value is -0.900. The van der Waals surface area contributed by atoms with E-state index in [9.17, 15) is 0 Å². The third-order valence-electron chi connectivity index (χ3n) is 3.41. The Bertz CT molecular complexity index is 484. The molecule has 0 aromatic carbocycles. The smallest absolute Gasteiger partial charge is 0.212 e. The van der Waals surface area contributed by atoms with E-state index in [4.69, 9.17) is 0 Å². The van der Waals surface area contributed by atoms with Gasteiger partial charge < -0.3 is 0 Å². The van der Waals surface area contributed by atoms with Crippen LogP contribution in [0.1, 0.15) is 42.5 Å². The zero-order chi connectivity index (χ0) is 8.41. The first-order valence-corrected chi connectivity index (χ1v) is 5.63. The van der Waals surface area contributed by atoms with Crippen molar-refractivity contribution in [3.05, 3.63) is 16.9 Å². The summed E-state index contributed by atoms with van der Waals surface area (Å²) in [6.07, 6.45) is 4.03. The van der Waals surface area contributed by atoms with Crippen molar-refractivity contribution in [3.8, 4) is 0 Å². The molecule has 0 radical (unpaired) electrons. The minimum Gasteiger partial charge on any atom is -0.222 e.